The first kappa shape index (κ1) is 20.8. The summed E-state index contributed by atoms with van der Waals surface area (Å²) in [6.45, 7) is 2.29. The van der Waals surface area contributed by atoms with E-state index in [9.17, 15) is 18.0 Å². The molecular formula is C18H16BrF3N2O3. The monoisotopic (exact) mass is 444 g/mol. The van der Waals surface area contributed by atoms with Crippen LogP contribution in [0.25, 0.3) is 0 Å². The molecule has 0 heterocycles. The molecule has 1 amide bonds. The van der Waals surface area contributed by atoms with Crippen LogP contribution >= 0.6 is 15.9 Å². The summed E-state index contributed by atoms with van der Waals surface area (Å²) >= 11 is 3.36. The molecule has 27 heavy (non-hydrogen) atoms. The lowest BCUT2D eigenvalue weighted by Crippen LogP contribution is -2.18. The van der Waals surface area contributed by atoms with Gasteiger partial charge in [0.05, 0.1) is 30.0 Å². The van der Waals surface area contributed by atoms with Gasteiger partial charge in [0.1, 0.15) is 0 Å². The second-order valence-electron chi connectivity index (χ2n) is 5.24. The largest absolute Gasteiger partial charge is 0.493 e. The van der Waals surface area contributed by atoms with Crippen LogP contribution in [-0.2, 0) is 6.18 Å². The molecule has 0 saturated carbocycles. The van der Waals surface area contributed by atoms with Gasteiger partial charge in [0.2, 0.25) is 0 Å². The molecule has 0 aromatic heterocycles. The summed E-state index contributed by atoms with van der Waals surface area (Å²) in [4.78, 5) is 12.0. The van der Waals surface area contributed by atoms with Crippen molar-refractivity contribution in [3.05, 3.63) is 57.6 Å². The zero-order chi connectivity index (χ0) is 20.0. The van der Waals surface area contributed by atoms with Crippen molar-refractivity contribution in [2.45, 2.75) is 13.1 Å². The Hall–Kier alpha value is -2.55. The summed E-state index contributed by atoms with van der Waals surface area (Å²) in [6.07, 6.45) is -3.18. The Kier molecular flexibility index (Phi) is 6.84. The van der Waals surface area contributed by atoms with E-state index in [0.29, 0.717) is 28.1 Å². The minimum Gasteiger partial charge on any atom is -0.493 e. The fourth-order valence-corrected chi connectivity index (χ4v) is 2.74. The van der Waals surface area contributed by atoms with E-state index < -0.39 is 17.6 Å². The SMILES string of the molecule is CCOc1c(Br)cc(/C=N\NC(=O)c2cccc(C(F)(F)F)c2)cc1OC. The van der Waals surface area contributed by atoms with Gasteiger partial charge in [-0.3, -0.25) is 4.79 Å². The lowest BCUT2D eigenvalue weighted by atomic mass is 10.1. The van der Waals surface area contributed by atoms with Crippen molar-refractivity contribution in [2.75, 3.05) is 13.7 Å². The van der Waals surface area contributed by atoms with Crippen LogP contribution in [0, 0.1) is 0 Å². The Bertz CT molecular complexity index is 854. The lowest BCUT2D eigenvalue weighted by molar-refractivity contribution is -0.137. The first-order chi connectivity index (χ1) is 12.8. The Labute approximate surface area is 162 Å². The summed E-state index contributed by atoms with van der Waals surface area (Å²) in [5.74, 6) is 0.247. The summed E-state index contributed by atoms with van der Waals surface area (Å²) in [5, 5.41) is 3.78. The molecule has 0 fully saturated rings. The first-order valence-corrected chi connectivity index (χ1v) is 8.56. The highest BCUT2D eigenvalue weighted by Crippen LogP contribution is 2.36. The third kappa shape index (κ3) is 5.46. The van der Waals surface area contributed by atoms with Crippen LogP contribution in [0.5, 0.6) is 11.5 Å². The number of carbonyl (C=O) groups excluding carboxylic acids is 1. The van der Waals surface area contributed by atoms with Crippen molar-refractivity contribution in [3.8, 4) is 11.5 Å². The fraction of sp³-hybridized carbons (Fsp3) is 0.222. The molecule has 0 radical (unpaired) electrons. The van der Waals surface area contributed by atoms with E-state index in [1.54, 1.807) is 12.1 Å². The molecule has 9 heteroatoms. The van der Waals surface area contributed by atoms with Crippen molar-refractivity contribution in [3.63, 3.8) is 0 Å². The van der Waals surface area contributed by atoms with E-state index in [4.69, 9.17) is 9.47 Å². The van der Waals surface area contributed by atoms with Crippen LogP contribution in [0.1, 0.15) is 28.4 Å². The van der Waals surface area contributed by atoms with E-state index >= 15 is 0 Å². The third-order valence-corrected chi connectivity index (χ3v) is 3.96. The molecule has 2 aromatic carbocycles. The number of alkyl halides is 3. The molecule has 2 rings (SSSR count). The topological polar surface area (TPSA) is 59.9 Å². The van der Waals surface area contributed by atoms with Gasteiger partial charge in [0, 0.05) is 5.56 Å². The van der Waals surface area contributed by atoms with Crippen molar-refractivity contribution < 1.29 is 27.4 Å². The van der Waals surface area contributed by atoms with Gasteiger partial charge in [-0.1, -0.05) is 6.07 Å². The second-order valence-corrected chi connectivity index (χ2v) is 6.10. The number of carbonyl (C=O) groups is 1. The highest BCUT2D eigenvalue weighted by Gasteiger charge is 2.30. The number of benzene rings is 2. The second kappa shape index (κ2) is 8.90. The van der Waals surface area contributed by atoms with Crippen molar-refractivity contribution in [1.82, 2.24) is 5.43 Å². The molecule has 0 aliphatic heterocycles. The van der Waals surface area contributed by atoms with Crippen molar-refractivity contribution in [1.29, 1.82) is 0 Å². The molecule has 0 atom stereocenters. The standard InChI is InChI=1S/C18H16BrF3N2O3/c1-3-27-16-14(19)7-11(8-15(16)26-2)10-23-24-17(25)12-5-4-6-13(9-12)18(20,21)22/h4-10H,3H2,1-2H3,(H,24,25)/b23-10-. The van der Waals surface area contributed by atoms with E-state index in [1.807, 2.05) is 6.92 Å². The van der Waals surface area contributed by atoms with E-state index in [2.05, 4.69) is 26.5 Å². The summed E-state index contributed by atoms with van der Waals surface area (Å²) in [6, 6.07) is 7.45. The van der Waals surface area contributed by atoms with Crippen LogP contribution in [0.3, 0.4) is 0 Å². The summed E-state index contributed by atoms with van der Waals surface area (Å²) < 4.78 is 49.5. The normalized spacial score (nSPS) is 11.5. The smallest absolute Gasteiger partial charge is 0.416 e. The molecule has 0 bridgehead atoms. The minimum absolute atomic E-state index is 0.146. The van der Waals surface area contributed by atoms with Crippen LogP contribution in [-0.4, -0.2) is 25.8 Å². The molecule has 1 N–H and O–H groups in total. The number of nitrogens with one attached hydrogen (secondary N) is 1. The Balaban J connectivity index is 2.13. The third-order valence-electron chi connectivity index (χ3n) is 3.37. The highest BCUT2D eigenvalue weighted by atomic mass is 79.9. The van der Waals surface area contributed by atoms with E-state index in [1.165, 1.54) is 19.4 Å². The zero-order valence-corrected chi connectivity index (χ0v) is 16.0. The number of nitrogens with zero attached hydrogens (tertiary/aromatic N) is 1. The van der Waals surface area contributed by atoms with Gasteiger partial charge in [-0.25, -0.2) is 5.43 Å². The maximum atomic E-state index is 12.7. The predicted octanol–water partition coefficient (Wildman–Crippen LogP) is 4.64. The molecule has 0 aliphatic rings. The lowest BCUT2D eigenvalue weighted by Gasteiger charge is -2.12. The van der Waals surface area contributed by atoms with Gasteiger partial charge in [-0.05, 0) is 58.7 Å². The number of halogens is 4. The summed E-state index contributed by atoms with van der Waals surface area (Å²) in [5.41, 5.74) is 1.74. The Morgan fingerprint density at radius 1 is 1.30 bits per heavy atom. The van der Waals surface area contributed by atoms with Crippen molar-refractivity contribution >= 4 is 28.1 Å². The van der Waals surface area contributed by atoms with Gasteiger partial charge in [-0.2, -0.15) is 18.3 Å². The zero-order valence-electron chi connectivity index (χ0n) is 14.4. The average molecular weight is 445 g/mol. The first-order valence-electron chi connectivity index (χ1n) is 7.77. The number of rotatable bonds is 6. The fourth-order valence-electron chi connectivity index (χ4n) is 2.17. The minimum atomic E-state index is -4.52. The molecule has 0 aliphatic carbocycles. The van der Waals surface area contributed by atoms with Crippen LogP contribution in [0.2, 0.25) is 0 Å². The van der Waals surface area contributed by atoms with Gasteiger partial charge < -0.3 is 9.47 Å². The van der Waals surface area contributed by atoms with Gasteiger partial charge >= 0.3 is 6.18 Å². The Morgan fingerprint density at radius 2 is 2.04 bits per heavy atom. The maximum absolute atomic E-state index is 12.7. The Morgan fingerprint density at radius 3 is 2.67 bits per heavy atom. The van der Waals surface area contributed by atoms with E-state index in [0.717, 1.165) is 18.2 Å². The van der Waals surface area contributed by atoms with Gasteiger partial charge in [0.15, 0.2) is 11.5 Å². The molecule has 0 unspecified atom stereocenters. The maximum Gasteiger partial charge on any atom is 0.416 e. The van der Waals surface area contributed by atoms with Gasteiger partial charge in [0.25, 0.3) is 5.91 Å². The number of methoxy groups -OCH3 is 1. The quantitative estimate of drug-likeness (QED) is 0.521. The molecular weight excluding hydrogens is 429 g/mol. The molecule has 0 saturated heterocycles. The van der Waals surface area contributed by atoms with Crippen LogP contribution in [0.4, 0.5) is 13.2 Å². The number of hydrogen-bond acceptors (Lipinski definition) is 4. The predicted molar refractivity (Wildman–Crippen MR) is 98.4 cm³/mol. The molecule has 2 aromatic rings. The number of ether oxygens (including phenoxy) is 2. The van der Waals surface area contributed by atoms with Crippen LogP contribution < -0.4 is 14.9 Å². The molecule has 144 valence electrons. The van der Waals surface area contributed by atoms with E-state index in [-0.39, 0.29) is 5.56 Å². The molecule has 0 spiro atoms. The average Bonchev–Trinajstić information content (AvgIpc) is 2.63. The van der Waals surface area contributed by atoms with Gasteiger partial charge in [-0.15, -0.1) is 0 Å². The number of amides is 1. The number of hydrogen-bond donors (Lipinski definition) is 1. The highest BCUT2D eigenvalue weighted by molar-refractivity contribution is 9.10. The van der Waals surface area contributed by atoms with Crippen LogP contribution in [0.15, 0.2) is 46.0 Å². The van der Waals surface area contributed by atoms with Crippen molar-refractivity contribution in [2.24, 2.45) is 5.10 Å². The number of hydrazone groups is 1. The summed E-state index contributed by atoms with van der Waals surface area (Å²) in [7, 11) is 1.49. The molecule has 5 nitrogen and oxygen atoms in total.